The van der Waals surface area contributed by atoms with Crippen LogP contribution in [0.25, 0.3) is 22.3 Å². The first-order valence-electron chi connectivity index (χ1n) is 11.4. The van der Waals surface area contributed by atoms with E-state index in [1.54, 1.807) is 61.5 Å². The zero-order valence-electron chi connectivity index (χ0n) is 20.6. The number of halogens is 3. The number of ether oxygens (including phenoxy) is 1. The summed E-state index contributed by atoms with van der Waals surface area (Å²) in [7, 11) is 3.60. The lowest BCUT2D eigenvalue weighted by atomic mass is 10.1. The second-order valence-electron chi connectivity index (χ2n) is 8.61. The van der Waals surface area contributed by atoms with E-state index in [4.69, 9.17) is 4.74 Å². The topological polar surface area (TPSA) is 97.0 Å². The van der Waals surface area contributed by atoms with Crippen LogP contribution in [0.4, 0.5) is 18.9 Å². The van der Waals surface area contributed by atoms with Crippen molar-refractivity contribution < 1.29 is 27.8 Å². The molecule has 0 spiro atoms. The van der Waals surface area contributed by atoms with Gasteiger partial charge in [0.1, 0.15) is 5.75 Å². The fraction of sp³-hybridized carbons (Fsp3) is 0.185. The lowest BCUT2D eigenvalue weighted by Gasteiger charge is -2.17. The number of benzene rings is 3. The smallest absolute Gasteiger partial charge is 0.416 e. The molecule has 8 nitrogen and oxygen atoms in total. The quantitative estimate of drug-likeness (QED) is 0.346. The Morgan fingerprint density at radius 2 is 1.84 bits per heavy atom. The average molecular weight is 524 g/mol. The van der Waals surface area contributed by atoms with Crippen molar-refractivity contribution >= 4 is 28.8 Å². The van der Waals surface area contributed by atoms with Gasteiger partial charge in [-0.2, -0.15) is 22.9 Å². The molecule has 0 aliphatic carbocycles. The van der Waals surface area contributed by atoms with Crippen molar-refractivity contribution in [2.45, 2.75) is 19.2 Å². The number of fused-ring (bicyclic) bond motifs is 1. The molecule has 0 bridgehead atoms. The minimum absolute atomic E-state index is 0.0405. The van der Waals surface area contributed by atoms with Crippen molar-refractivity contribution in [2.24, 2.45) is 5.10 Å². The molecule has 0 saturated heterocycles. The van der Waals surface area contributed by atoms with Crippen LogP contribution in [0, 0.1) is 0 Å². The van der Waals surface area contributed by atoms with Gasteiger partial charge in [0.15, 0.2) is 11.9 Å². The molecule has 3 aromatic carbocycles. The fourth-order valence-electron chi connectivity index (χ4n) is 3.62. The van der Waals surface area contributed by atoms with Gasteiger partial charge in [0.2, 0.25) is 0 Å². The number of carboxylic acid groups (broad SMARTS) is 1. The number of alkyl halides is 3. The van der Waals surface area contributed by atoms with Crippen LogP contribution in [0.15, 0.2) is 76.6 Å². The van der Waals surface area contributed by atoms with Crippen LogP contribution in [0.2, 0.25) is 0 Å². The van der Waals surface area contributed by atoms with Crippen LogP contribution in [-0.4, -0.2) is 47.1 Å². The Labute approximate surface area is 215 Å². The van der Waals surface area contributed by atoms with Crippen LogP contribution in [0.5, 0.6) is 5.75 Å². The van der Waals surface area contributed by atoms with Gasteiger partial charge >= 0.3 is 12.1 Å². The summed E-state index contributed by atoms with van der Waals surface area (Å²) < 4.78 is 46.7. The van der Waals surface area contributed by atoms with Gasteiger partial charge in [-0.3, -0.25) is 4.79 Å². The Morgan fingerprint density at radius 1 is 1.11 bits per heavy atom. The first kappa shape index (κ1) is 26.4. The van der Waals surface area contributed by atoms with Gasteiger partial charge < -0.3 is 14.7 Å². The van der Waals surface area contributed by atoms with Crippen LogP contribution in [0.3, 0.4) is 0 Å². The Kier molecular flexibility index (Phi) is 7.20. The maximum absolute atomic E-state index is 13.4. The number of aliphatic carboxylic acids is 1. The van der Waals surface area contributed by atoms with E-state index < -0.39 is 29.4 Å². The zero-order chi connectivity index (χ0) is 27.6. The number of carbonyl (C=O) groups is 1. The number of para-hydroxylation sites is 1. The molecule has 0 amide bonds. The summed E-state index contributed by atoms with van der Waals surface area (Å²) in [5, 5.41) is 13.8. The van der Waals surface area contributed by atoms with Gasteiger partial charge in [0.05, 0.1) is 22.7 Å². The number of aromatic nitrogens is 2. The van der Waals surface area contributed by atoms with Gasteiger partial charge in [-0.25, -0.2) is 9.78 Å². The maximum atomic E-state index is 13.4. The molecule has 0 aliphatic heterocycles. The molecule has 1 atom stereocenters. The number of hydrogen-bond donors (Lipinski definition) is 1. The lowest BCUT2D eigenvalue weighted by Crippen LogP contribution is -2.24. The first-order valence-corrected chi connectivity index (χ1v) is 11.4. The molecule has 1 heterocycles. The second-order valence-corrected chi connectivity index (χ2v) is 8.61. The molecule has 1 aromatic heterocycles. The first-order chi connectivity index (χ1) is 18.0. The van der Waals surface area contributed by atoms with Crippen LogP contribution >= 0.6 is 0 Å². The molecule has 196 valence electrons. The van der Waals surface area contributed by atoms with Crippen molar-refractivity contribution in [1.29, 1.82) is 0 Å². The summed E-state index contributed by atoms with van der Waals surface area (Å²) in [6, 6.07) is 15.9. The molecule has 0 saturated carbocycles. The normalized spacial score (nSPS) is 12.6. The van der Waals surface area contributed by atoms with E-state index >= 15 is 0 Å². The molecule has 38 heavy (non-hydrogen) atoms. The largest absolute Gasteiger partial charge is 0.479 e. The van der Waals surface area contributed by atoms with E-state index in [9.17, 15) is 27.9 Å². The number of carboxylic acids is 1. The summed E-state index contributed by atoms with van der Waals surface area (Å²) in [4.78, 5) is 31.0. The molecule has 0 unspecified atom stereocenters. The molecule has 0 fully saturated rings. The monoisotopic (exact) mass is 524 g/mol. The Morgan fingerprint density at radius 3 is 2.53 bits per heavy atom. The maximum Gasteiger partial charge on any atom is 0.416 e. The van der Waals surface area contributed by atoms with E-state index in [0.29, 0.717) is 11.1 Å². The Hall–Kier alpha value is -4.67. The third-order valence-corrected chi connectivity index (χ3v) is 5.68. The van der Waals surface area contributed by atoms with E-state index in [0.717, 1.165) is 22.5 Å². The summed E-state index contributed by atoms with van der Waals surface area (Å²) in [5.41, 5.74) is -0.0801. The van der Waals surface area contributed by atoms with Gasteiger partial charge in [0, 0.05) is 37.0 Å². The SMILES string of the molecule is C[C@H](Oc1cc(N(C)C)ccc1C=Nn1c(-c2cccc(C(F)(F)F)c2)nc2ccccc2c1=O)C(=O)O. The van der Waals surface area contributed by atoms with Crippen molar-refractivity contribution in [3.63, 3.8) is 0 Å². The van der Waals surface area contributed by atoms with Crippen molar-refractivity contribution in [2.75, 3.05) is 19.0 Å². The third-order valence-electron chi connectivity index (χ3n) is 5.68. The number of rotatable bonds is 7. The molecule has 11 heteroatoms. The highest BCUT2D eigenvalue weighted by Crippen LogP contribution is 2.32. The number of nitrogens with zero attached hydrogens (tertiary/aromatic N) is 4. The van der Waals surface area contributed by atoms with E-state index in [2.05, 4.69) is 10.1 Å². The van der Waals surface area contributed by atoms with Crippen molar-refractivity contribution in [1.82, 2.24) is 9.66 Å². The van der Waals surface area contributed by atoms with Crippen LogP contribution in [-0.2, 0) is 11.0 Å². The van der Waals surface area contributed by atoms with E-state index in [-0.39, 0.29) is 22.5 Å². The van der Waals surface area contributed by atoms with Crippen molar-refractivity contribution in [3.8, 4) is 17.1 Å². The minimum Gasteiger partial charge on any atom is -0.479 e. The Bertz CT molecular complexity index is 1600. The summed E-state index contributed by atoms with van der Waals surface area (Å²) in [5.74, 6) is -1.08. The zero-order valence-corrected chi connectivity index (χ0v) is 20.6. The third kappa shape index (κ3) is 5.51. The molecule has 1 N–H and O–H groups in total. The number of anilines is 1. The Balaban J connectivity index is 1.90. The summed E-state index contributed by atoms with van der Waals surface area (Å²) >= 11 is 0. The molecule has 4 rings (SSSR count). The highest BCUT2D eigenvalue weighted by Gasteiger charge is 2.31. The van der Waals surface area contributed by atoms with Crippen molar-refractivity contribution in [3.05, 3.63) is 88.2 Å². The standard InChI is InChI=1S/C27H23F3N4O4/c1-16(26(36)37)38-23-14-20(33(2)3)12-11-18(23)15-31-34-24(17-7-6-8-19(13-17)27(28,29)30)32-22-10-5-4-9-21(22)25(34)35/h4-16H,1-3H3,(H,36,37)/t16-/m0/s1. The fourth-order valence-corrected chi connectivity index (χ4v) is 3.62. The summed E-state index contributed by atoms with van der Waals surface area (Å²) in [6.45, 7) is 1.37. The highest BCUT2D eigenvalue weighted by molar-refractivity contribution is 5.86. The average Bonchev–Trinajstić information content (AvgIpc) is 2.88. The van der Waals surface area contributed by atoms with Crippen LogP contribution in [0.1, 0.15) is 18.1 Å². The summed E-state index contributed by atoms with van der Waals surface area (Å²) in [6.07, 6.45) is -4.49. The second kappa shape index (κ2) is 10.4. The molecule has 0 radical (unpaired) electrons. The lowest BCUT2D eigenvalue weighted by molar-refractivity contribution is -0.144. The molecular weight excluding hydrogens is 501 g/mol. The molecule has 4 aromatic rings. The van der Waals surface area contributed by atoms with Gasteiger partial charge in [-0.15, -0.1) is 0 Å². The van der Waals surface area contributed by atoms with Crippen LogP contribution < -0.4 is 15.2 Å². The van der Waals surface area contributed by atoms with E-state index in [1.165, 1.54) is 25.3 Å². The van der Waals surface area contributed by atoms with Gasteiger partial charge in [-0.1, -0.05) is 24.3 Å². The molecular formula is C27H23F3N4O4. The predicted molar refractivity (Wildman–Crippen MR) is 138 cm³/mol. The number of hydrogen-bond acceptors (Lipinski definition) is 6. The highest BCUT2D eigenvalue weighted by atomic mass is 19.4. The van der Waals surface area contributed by atoms with Gasteiger partial charge in [-0.05, 0) is 43.3 Å². The van der Waals surface area contributed by atoms with E-state index in [1.807, 2.05) is 0 Å². The van der Waals surface area contributed by atoms with Gasteiger partial charge in [0.25, 0.3) is 5.56 Å². The minimum atomic E-state index is -4.59. The molecule has 0 aliphatic rings. The predicted octanol–water partition coefficient (Wildman–Crippen LogP) is 4.88.